The van der Waals surface area contributed by atoms with Gasteiger partial charge in [-0.15, -0.1) is 0 Å². The molecule has 30 heavy (non-hydrogen) atoms. The van der Waals surface area contributed by atoms with Gasteiger partial charge in [-0.1, -0.05) is 23.7 Å². The lowest BCUT2D eigenvalue weighted by Gasteiger charge is -2.24. The predicted molar refractivity (Wildman–Crippen MR) is 110 cm³/mol. The van der Waals surface area contributed by atoms with Crippen LogP contribution in [0.15, 0.2) is 24.3 Å². The number of Topliss-reactive ketones (excluding diaryl/α,β-unsaturated/α-hetero) is 1. The molecule has 1 aromatic carbocycles. The molecule has 0 bridgehead atoms. The van der Waals surface area contributed by atoms with Crippen molar-refractivity contribution in [1.82, 2.24) is 15.2 Å². The summed E-state index contributed by atoms with van der Waals surface area (Å²) in [6.07, 6.45) is 0. The van der Waals surface area contributed by atoms with Gasteiger partial charge in [0.1, 0.15) is 11.6 Å². The third kappa shape index (κ3) is 3.27. The number of H-pyrrole nitrogens is 1. The van der Waals surface area contributed by atoms with Crippen molar-refractivity contribution in [2.45, 2.75) is 39.3 Å². The molecule has 3 amide bonds. The van der Waals surface area contributed by atoms with Crippen molar-refractivity contribution in [3.63, 3.8) is 0 Å². The van der Waals surface area contributed by atoms with Gasteiger partial charge >= 0.3 is 12.0 Å². The van der Waals surface area contributed by atoms with E-state index in [1.807, 2.05) is 0 Å². The molecule has 0 saturated carbocycles. The standard InChI is InChI=1S/C21H22ClN3O5/c1-10-15(18(27)30-5)11(2)23-16(10)17(26)12(3)25-19(28)21(4,24-20(25)29)13-6-8-14(22)9-7-13/h6-9,12,23H,1-5H3,(H,24,29). The van der Waals surface area contributed by atoms with Crippen molar-refractivity contribution in [2.24, 2.45) is 0 Å². The summed E-state index contributed by atoms with van der Waals surface area (Å²) < 4.78 is 4.76. The molecule has 1 saturated heterocycles. The Bertz CT molecular complexity index is 1060. The quantitative estimate of drug-likeness (QED) is 0.429. The average molecular weight is 432 g/mol. The van der Waals surface area contributed by atoms with E-state index in [1.54, 1.807) is 45.0 Å². The monoisotopic (exact) mass is 431 g/mol. The number of aromatic nitrogens is 1. The van der Waals surface area contributed by atoms with Crippen LogP contribution in [-0.2, 0) is 15.1 Å². The Morgan fingerprint density at radius 1 is 1.17 bits per heavy atom. The van der Waals surface area contributed by atoms with Gasteiger partial charge in [-0.2, -0.15) is 0 Å². The average Bonchev–Trinajstić information content (AvgIpc) is 3.13. The number of aromatic amines is 1. The van der Waals surface area contributed by atoms with Crippen LogP contribution in [-0.4, -0.2) is 46.7 Å². The zero-order valence-corrected chi connectivity index (χ0v) is 18.0. The van der Waals surface area contributed by atoms with Crippen LogP contribution in [0.25, 0.3) is 0 Å². The first-order valence-corrected chi connectivity index (χ1v) is 9.64. The van der Waals surface area contributed by atoms with E-state index in [2.05, 4.69) is 10.3 Å². The number of carbonyl (C=O) groups is 4. The van der Waals surface area contributed by atoms with Crippen molar-refractivity contribution >= 4 is 35.3 Å². The molecule has 3 rings (SSSR count). The van der Waals surface area contributed by atoms with Gasteiger partial charge in [0.15, 0.2) is 0 Å². The van der Waals surface area contributed by atoms with Gasteiger partial charge in [-0.25, -0.2) is 9.59 Å². The van der Waals surface area contributed by atoms with Gasteiger partial charge in [-0.3, -0.25) is 14.5 Å². The number of hydrogen-bond donors (Lipinski definition) is 2. The van der Waals surface area contributed by atoms with Crippen molar-refractivity contribution in [1.29, 1.82) is 0 Å². The number of rotatable bonds is 5. The van der Waals surface area contributed by atoms with Crippen LogP contribution in [0.5, 0.6) is 0 Å². The molecule has 0 radical (unpaired) electrons. The third-order valence-electron chi connectivity index (χ3n) is 5.48. The van der Waals surface area contributed by atoms with Crippen LogP contribution in [0, 0.1) is 13.8 Å². The van der Waals surface area contributed by atoms with Crippen LogP contribution >= 0.6 is 11.6 Å². The van der Waals surface area contributed by atoms with E-state index in [4.69, 9.17) is 16.3 Å². The Balaban J connectivity index is 1.94. The maximum Gasteiger partial charge on any atom is 0.339 e. The second-order valence-electron chi connectivity index (χ2n) is 7.39. The highest BCUT2D eigenvalue weighted by Gasteiger charge is 2.52. The normalized spacial score (nSPS) is 19.6. The third-order valence-corrected chi connectivity index (χ3v) is 5.74. The molecule has 2 unspecified atom stereocenters. The summed E-state index contributed by atoms with van der Waals surface area (Å²) in [4.78, 5) is 54.8. The highest BCUT2D eigenvalue weighted by atomic mass is 35.5. The fourth-order valence-electron chi connectivity index (χ4n) is 3.72. The number of hydrogen-bond acceptors (Lipinski definition) is 5. The molecule has 8 nitrogen and oxygen atoms in total. The molecule has 0 spiro atoms. The minimum absolute atomic E-state index is 0.154. The van der Waals surface area contributed by atoms with Crippen molar-refractivity contribution < 1.29 is 23.9 Å². The largest absolute Gasteiger partial charge is 0.465 e. The first-order valence-electron chi connectivity index (χ1n) is 9.26. The van der Waals surface area contributed by atoms with E-state index < -0.39 is 35.3 Å². The second kappa shape index (κ2) is 7.60. The van der Waals surface area contributed by atoms with Crippen molar-refractivity contribution in [3.05, 3.63) is 57.4 Å². The number of halogens is 1. The fourth-order valence-corrected chi connectivity index (χ4v) is 3.85. The number of aryl methyl sites for hydroxylation is 1. The molecule has 1 aliphatic heterocycles. The van der Waals surface area contributed by atoms with Gasteiger partial charge in [-0.05, 0) is 51.0 Å². The molecule has 1 aromatic heterocycles. The number of amides is 3. The summed E-state index contributed by atoms with van der Waals surface area (Å²) in [5.74, 6) is -1.61. The number of nitrogens with one attached hydrogen (secondary N) is 2. The molecule has 0 aliphatic carbocycles. The summed E-state index contributed by atoms with van der Waals surface area (Å²) in [7, 11) is 1.25. The number of methoxy groups -OCH3 is 1. The first-order chi connectivity index (χ1) is 14.0. The number of urea groups is 1. The molecule has 2 atom stereocenters. The molecule has 2 heterocycles. The Hall–Kier alpha value is -3.13. The maximum absolute atomic E-state index is 13.2. The lowest BCUT2D eigenvalue weighted by atomic mass is 9.91. The Morgan fingerprint density at radius 3 is 2.33 bits per heavy atom. The SMILES string of the molecule is COC(=O)c1c(C)[nH]c(C(=O)C(C)N2C(=O)NC(C)(c3ccc(Cl)cc3)C2=O)c1C. The molecule has 1 aliphatic rings. The van der Waals surface area contributed by atoms with E-state index in [1.165, 1.54) is 14.0 Å². The van der Waals surface area contributed by atoms with E-state index in [0.29, 0.717) is 21.8 Å². The summed E-state index contributed by atoms with van der Waals surface area (Å²) in [6, 6.07) is 4.78. The summed E-state index contributed by atoms with van der Waals surface area (Å²) >= 11 is 5.92. The zero-order valence-electron chi connectivity index (χ0n) is 17.3. The molecular weight excluding hydrogens is 410 g/mol. The molecule has 158 valence electrons. The first kappa shape index (κ1) is 21.6. The number of esters is 1. The minimum atomic E-state index is -1.33. The van der Waals surface area contributed by atoms with E-state index >= 15 is 0 Å². The van der Waals surface area contributed by atoms with Crippen LogP contribution in [0.2, 0.25) is 5.02 Å². The fraction of sp³-hybridized carbons (Fsp3) is 0.333. The number of nitrogens with zero attached hydrogens (tertiary/aromatic N) is 1. The van der Waals surface area contributed by atoms with Gasteiger partial charge in [0.05, 0.1) is 18.4 Å². The van der Waals surface area contributed by atoms with Crippen LogP contribution in [0.4, 0.5) is 4.79 Å². The summed E-state index contributed by atoms with van der Waals surface area (Å²) in [5, 5.41) is 3.17. The van der Waals surface area contributed by atoms with Gasteiger partial charge in [0.25, 0.3) is 5.91 Å². The number of benzene rings is 1. The van der Waals surface area contributed by atoms with Gasteiger partial charge < -0.3 is 15.0 Å². The zero-order chi connectivity index (χ0) is 22.4. The van der Waals surface area contributed by atoms with Gasteiger partial charge in [0.2, 0.25) is 5.78 Å². The number of imide groups is 1. The molecule has 9 heteroatoms. The smallest absolute Gasteiger partial charge is 0.339 e. The summed E-state index contributed by atoms with van der Waals surface area (Å²) in [5.41, 5.74) is 0.514. The van der Waals surface area contributed by atoms with Crippen molar-refractivity contribution in [2.75, 3.05) is 7.11 Å². The van der Waals surface area contributed by atoms with E-state index in [9.17, 15) is 19.2 Å². The van der Waals surface area contributed by atoms with E-state index in [0.717, 1.165) is 4.90 Å². The lowest BCUT2D eigenvalue weighted by molar-refractivity contribution is -0.131. The number of carbonyl (C=O) groups excluding carboxylic acids is 4. The number of ketones is 1. The maximum atomic E-state index is 13.2. The van der Waals surface area contributed by atoms with Gasteiger partial charge in [0, 0.05) is 10.7 Å². The topological polar surface area (TPSA) is 109 Å². The lowest BCUT2D eigenvalue weighted by Crippen LogP contribution is -2.45. The van der Waals surface area contributed by atoms with Crippen LogP contribution < -0.4 is 5.32 Å². The Morgan fingerprint density at radius 2 is 1.77 bits per heavy atom. The number of ether oxygens (including phenoxy) is 1. The molecular formula is C21H22ClN3O5. The van der Waals surface area contributed by atoms with Crippen LogP contribution in [0.1, 0.15) is 51.5 Å². The second-order valence-corrected chi connectivity index (χ2v) is 7.83. The Labute approximate surface area is 178 Å². The summed E-state index contributed by atoms with van der Waals surface area (Å²) in [6.45, 7) is 6.30. The minimum Gasteiger partial charge on any atom is -0.465 e. The highest BCUT2D eigenvalue weighted by molar-refractivity contribution is 6.30. The molecule has 2 N–H and O–H groups in total. The molecule has 2 aromatic rings. The Kier molecular flexibility index (Phi) is 5.47. The van der Waals surface area contributed by atoms with E-state index in [-0.39, 0.29) is 11.3 Å². The van der Waals surface area contributed by atoms with Crippen molar-refractivity contribution in [3.8, 4) is 0 Å². The predicted octanol–water partition coefficient (Wildman–Crippen LogP) is 3.11. The van der Waals surface area contributed by atoms with Crippen LogP contribution in [0.3, 0.4) is 0 Å². The highest BCUT2D eigenvalue weighted by Crippen LogP contribution is 2.32. The molecule has 1 fully saturated rings.